The van der Waals surface area contributed by atoms with Gasteiger partial charge in [0.25, 0.3) is 5.91 Å². The lowest BCUT2D eigenvalue weighted by Crippen LogP contribution is -2.12. The molecule has 0 saturated carbocycles. The van der Waals surface area contributed by atoms with Gasteiger partial charge in [-0.15, -0.1) is 11.3 Å². The second-order valence-corrected chi connectivity index (χ2v) is 6.66. The highest BCUT2D eigenvalue weighted by Gasteiger charge is 2.17. The first-order valence-electron chi connectivity index (χ1n) is 6.65. The maximum absolute atomic E-state index is 12.9. The van der Waals surface area contributed by atoms with Crippen LogP contribution in [0.1, 0.15) is 15.4 Å². The van der Waals surface area contributed by atoms with Crippen molar-refractivity contribution in [3.05, 3.63) is 55.7 Å². The summed E-state index contributed by atoms with van der Waals surface area (Å²) in [6, 6.07) is 5.97. The van der Waals surface area contributed by atoms with Gasteiger partial charge < -0.3 is 4.57 Å². The van der Waals surface area contributed by atoms with Gasteiger partial charge in [0.2, 0.25) is 0 Å². The van der Waals surface area contributed by atoms with Gasteiger partial charge in [-0.3, -0.25) is 14.9 Å². The molecule has 5 nitrogen and oxygen atoms in total. The van der Waals surface area contributed by atoms with Crippen LogP contribution in [0.5, 0.6) is 0 Å². The molecule has 8 heteroatoms. The van der Waals surface area contributed by atoms with Crippen LogP contribution in [-0.4, -0.2) is 15.5 Å². The van der Waals surface area contributed by atoms with Crippen molar-refractivity contribution in [1.82, 2.24) is 9.55 Å². The van der Waals surface area contributed by atoms with Crippen LogP contribution in [-0.2, 0) is 7.05 Å². The number of rotatable bonds is 3. The van der Waals surface area contributed by atoms with Crippen LogP contribution in [0.15, 0.2) is 34.4 Å². The second kappa shape index (κ2) is 6.05. The average Bonchev–Trinajstić information content (AvgIpc) is 3.08. The molecule has 0 radical (unpaired) electrons. The summed E-state index contributed by atoms with van der Waals surface area (Å²) in [5, 5.41) is 4.90. The number of amides is 1. The first-order chi connectivity index (χ1) is 11.0. The number of benzene rings is 1. The number of thiazole rings is 2. The molecule has 23 heavy (non-hydrogen) atoms. The van der Waals surface area contributed by atoms with Crippen molar-refractivity contribution in [2.24, 2.45) is 7.05 Å². The van der Waals surface area contributed by atoms with E-state index in [1.54, 1.807) is 31.5 Å². The van der Waals surface area contributed by atoms with E-state index < -0.39 is 0 Å². The Morgan fingerprint density at radius 3 is 2.61 bits per heavy atom. The molecule has 1 N–H and O–H groups in total. The van der Waals surface area contributed by atoms with Gasteiger partial charge in [-0.25, -0.2) is 9.37 Å². The van der Waals surface area contributed by atoms with Crippen molar-refractivity contribution in [3.8, 4) is 11.3 Å². The van der Waals surface area contributed by atoms with Gasteiger partial charge in [-0.1, -0.05) is 11.3 Å². The molecule has 0 aliphatic carbocycles. The summed E-state index contributed by atoms with van der Waals surface area (Å²) in [6.45, 7) is 1.72. The molecule has 3 aromatic rings. The SMILES string of the molecule is Cc1c(C(=O)Nc2nc(-c3ccc(F)cc3)cs2)sc(=O)n1C. The predicted octanol–water partition coefficient (Wildman–Crippen LogP) is 3.27. The summed E-state index contributed by atoms with van der Waals surface area (Å²) < 4.78 is 14.4. The van der Waals surface area contributed by atoms with Gasteiger partial charge in [0.1, 0.15) is 10.7 Å². The highest BCUT2D eigenvalue weighted by Crippen LogP contribution is 2.25. The van der Waals surface area contributed by atoms with Crippen LogP contribution >= 0.6 is 22.7 Å². The summed E-state index contributed by atoms with van der Waals surface area (Å²) in [6.07, 6.45) is 0. The normalized spacial score (nSPS) is 10.7. The fourth-order valence-corrected chi connectivity index (χ4v) is 3.56. The van der Waals surface area contributed by atoms with Crippen LogP contribution in [0, 0.1) is 12.7 Å². The third-order valence-electron chi connectivity index (χ3n) is 3.37. The van der Waals surface area contributed by atoms with Gasteiger partial charge >= 0.3 is 4.87 Å². The quantitative estimate of drug-likeness (QED) is 0.789. The van der Waals surface area contributed by atoms with E-state index >= 15 is 0 Å². The molecular weight excluding hydrogens is 337 g/mol. The zero-order valence-electron chi connectivity index (χ0n) is 12.3. The van der Waals surface area contributed by atoms with Crippen LogP contribution in [0.2, 0.25) is 0 Å². The van der Waals surface area contributed by atoms with Gasteiger partial charge in [0.15, 0.2) is 5.13 Å². The largest absolute Gasteiger partial charge is 0.307 e. The fraction of sp³-hybridized carbons (Fsp3) is 0.133. The molecule has 0 spiro atoms. The van der Waals surface area contributed by atoms with Crippen LogP contribution in [0.25, 0.3) is 11.3 Å². The number of halogens is 1. The van der Waals surface area contributed by atoms with Crippen molar-refractivity contribution in [3.63, 3.8) is 0 Å². The Balaban J connectivity index is 1.81. The monoisotopic (exact) mass is 349 g/mol. The lowest BCUT2D eigenvalue weighted by atomic mass is 10.2. The third kappa shape index (κ3) is 3.08. The molecule has 0 bridgehead atoms. The Morgan fingerprint density at radius 1 is 1.30 bits per heavy atom. The van der Waals surface area contributed by atoms with Gasteiger partial charge in [-0.2, -0.15) is 0 Å². The topological polar surface area (TPSA) is 64.0 Å². The van der Waals surface area contributed by atoms with Crippen LogP contribution < -0.4 is 10.2 Å². The summed E-state index contributed by atoms with van der Waals surface area (Å²) in [5.41, 5.74) is 2.04. The van der Waals surface area contributed by atoms with E-state index in [1.165, 1.54) is 28.0 Å². The summed E-state index contributed by atoms with van der Waals surface area (Å²) in [7, 11) is 1.63. The Hall–Kier alpha value is -2.32. The Bertz CT molecular complexity index is 925. The van der Waals surface area contributed by atoms with Crippen LogP contribution in [0.4, 0.5) is 9.52 Å². The van der Waals surface area contributed by atoms with E-state index in [1.807, 2.05) is 0 Å². The molecule has 0 fully saturated rings. The van der Waals surface area contributed by atoms with Gasteiger partial charge in [-0.05, 0) is 31.2 Å². The van der Waals surface area contributed by atoms with Crippen LogP contribution in [0.3, 0.4) is 0 Å². The molecule has 1 amide bonds. The molecule has 118 valence electrons. The molecule has 0 aliphatic heterocycles. The van der Waals surface area contributed by atoms with Crippen molar-refractivity contribution >= 4 is 33.7 Å². The Labute approximate surface area is 139 Å². The minimum Gasteiger partial charge on any atom is -0.306 e. The Morgan fingerprint density at radius 2 is 2.00 bits per heavy atom. The fourth-order valence-electron chi connectivity index (χ4n) is 1.97. The highest BCUT2D eigenvalue weighted by molar-refractivity contribution is 7.14. The molecule has 2 aromatic heterocycles. The maximum Gasteiger partial charge on any atom is 0.307 e. The zero-order valence-corrected chi connectivity index (χ0v) is 13.9. The maximum atomic E-state index is 12.9. The van der Waals surface area contributed by atoms with Crippen molar-refractivity contribution in [2.45, 2.75) is 6.92 Å². The minimum absolute atomic E-state index is 0.182. The number of aromatic nitrogens is 2. The molecule has 0 saturated heterocycles. The average molecular weight is 349 g/mol. The number of anilines is 1. The number of nitrogens with zero attached hydrogens (tertiary/aromatic N) is 2. The van der Waals surface area contributed by atoms with Gasteiger partial charge in [0.05, 0.1) is 5.69 Å². The molecule has 0 aliphatic rings. The Kier molecular flexibility index (Phi) is 4.10. The van der Waals surface area contributed by atoms with E-state index in [0.29, 0.717) is 21.4 Å². The van der Waals surface area contributed by atoms with Gasteiger partial charge in [0, 0.05) is 23.7 Å². The van der Waals surface area contributed by atoms with E-state index in [4.69, 9.17) is 0 Å². The first-order valence-corrected chi connectivity index (χ1v) is 8.34. The van der Waals surface area contributed by atoms with Crippen molar-refractivity contribution in [1.29, 1.82) is 0 Å². The number of hydrogen-bond donors (Lipinski definition) is 1. The molecular formula is C15H12FN3O2S2. The number of carbonyl (C=O) groups is 1. The summed E-state index contributed by atoms with van der Waals surface area (Å²) in [4.78, 5) is 28.4. The van der Waals surface area contributed by atoms with Crippen molar-refractivity contribution in [2.75, 3.05) is 5.32 Å². The highest BCUT2D eigenvalue weighted by atomic mass is 32.1. The number of nitrogens with one attached hydrogen (secondary N) is 1. The molecule has 3 rings (SSSR count). The smallest absolute Gasteiger partial charge is 0.306 e. The first kappa shape index (κ1) is 15.6. The molecule has 0 unspecified atom stereocenters. The zero-order chi connectivity index (χ0) is 16.6. The lowest BCUT2D eigenvalue weighted by molar-refractivity contribution is 0.102. The van der Waals surface area contributed by atoms with E-state index in [2.05, 4.69) is 10.3 Å². The number of hydrogen-bond acceptors (Lipinski definition) is 5. The lowest BCUT2D eigenvalue weighted by Gasteiger charge is -2.01. The minimum atomic E-state index is -0.356. The third-order valence-corrected chi connectivity index (χ3v) is 5.26. The van der Waals surface area contributed by atoms with E-state index in [-0.39, 0.29) is 16.6 Å². The van der Waals surface area contributed by atoms with Crippen molar-refractivity contribution < 1.29 is 9.18 Å². The predicted molar refractivity (Wildman–Crippen MR) is 89.8 cm³/mol. The number of carbonyl (C=O) groups excluding carboxylic acids is 1. The molecule has 2 heterocycles. The molecule has 1 aromatic carbocycles. The standard InChI is InChI=1S/C15H12FN3O2S2/c1-8-12(23-15(21)19(8)2)13(20)18-14-17-11(7-22-14)9-3-5-10(16)6-4-9/h3-7H,1-2H3,(H,17,18,20). The van der Waals surface area contributed by atoms with E-state index in [9.17, 15) is 14.0 Å². The molecule has 0 atom stereocenters. The van der Waals surface area contributed by atoms with E-state index in [0.717, 1.165) is 16.9 Å². The second-order valence-electron chi connectivity index (χ2n) is 4.84. The summed E-state index contributed by atoms with van der Waals surface area (Å²) in [5.74, 6) is -0.669. The summed E-state index contributed by atoms with van der Waals surface area (Å²) >= 11 is 2.17.